The largest absolute Gasteiger partial charge is 0.308 e. The summed E-state index contributed by atoms with van der Waals surface area (Å²) in [6.45, 7) is 8.76. The van der Waals surface area contributed by atoms with E-state index in [1.807, 2.05) is 6.92 Å². The predicted molar refractivity (Wildman–Crippen MR) is 47.6 cm³/mol. The Morgan fingerprint density at radius 3 is 2.27 bits per heavy atom. The Hall–Kier alpha value is -0.370. The van der Waals surface area contributed by atoms with Crippen LogP contribution < -0.4 is 5.32 Å². The molecule has 0 aliphatic rings. The number of likely N-dealkylation sites (N-methyl/N-ethyl adjacent to an activating group) is 1. The lowest BCUT2D eigenvalue weighted by atomic mass is 9.96. The summed E-state index contributed by atoms with van der Waals surface area (Å²) in [7, 11) is 0. The third kappa shape index (κ3) is 3.51. The van der Waals surface area contributed by atoms with Crippen LogP contribution in [0.4, 0.5) is 0 Å². The first-order valence-electron chi connectivity index (χ1n) is 4.37. The zero-order valence-electron chi connectivity index (χ0n) is 7.98. The number of ketones is 1. The van der Waals surface area contributed by atoms with Gasteiger partial charge in [-0.15, -0.1) is 0 Å². The molecule has 0 aromatic rings. The van der Waals surface area contributed by atoms with E-state index in [0.29, 0.717) is 5.92 Å². The second-order valence-electron chi connectivity index (χ2n) is 3.03. The van der Waals surface area contributed by atoms with Gasteiger partial charge >= 0.3 is 0 Å². The molecule has 0 rings (SSSR count). The fourth-order valence-electron chi connectivity index (χ4n) is 1.20. The van der Waals surface area contributed by atoms with Crippen LogP contribution in [0, 0.1) is 5.92 Å². The van der Waals surface area contributed by atoms with Crippen LogP contribution in [0.3, 0.4) is 0 Å². The molecule has 2 atom stereocenters. The van der Waals surface area contributed by atoms with Crippen molar-refractivity contribution in [3.05, 3.63) is 0 Å². The molecule has 0 radical (unpaired) electrons. The predicted octanol–water partition coefficient (Wildman–Crippen LogP) is 1.60. The summed E-state index contributed by atoms with van der Waals surface area (Å²) in [6, 6.07) is 0.0602. The lowest BCUT2D eigenvalue weighted by molar-refractivity contribution is -0.120. The Morgan fingerprint density at radius 1 is 1.45 bits per heavy atom. The van der Waals surface area contributed by atoms with Crippen LogP contribution in [0.5, 0.6) is 0 Å². The maximum atomic E-state index is 11.1. The number of nitrogens with one attached hydrogen (secondary N) is 1. The van der Waals surface area contributed by atoms with E-state index in [2.05, 4.69) is 19.2 Å². The van der Waals surface area contributed by atoms with Crippen LogP contribution in [0.1, 0.15) is 34.1 Å². The molecule has 0 bridgehead atoms. The molecule has 0 saturated heterocycles. The van der Waals surface area contributed by atoms with Crippen molar-refractivity contribution in [1.82, 2.24) is 5.32 Å². The first-order valence-corrected chi connectivity index (χ1v) is 4.37. The van der Waals surface area contributed by atoms with E-state index in [0.717, 1.165) is 13.0 Å². The highest BCUT2D eigenvalue weighted by molar-refractivity contribution is 5.81. The Labute approximate surface area is 69.4 Å². The minimum Gasteiger partial charge on any atom is -0.308 e. The summed E-state index contributed by atoms with van der Waals surface area (Å²) < 4.78 is 0. The second kappa shape index (κ2) is 5.30. The molecule has 0 aliphatic carbocycles. The van der Waals surface area contributed by atoms with E-state index in [1.165, 1.54) is 0 Å². The zero-order valence-corrected chi connectivity index (χ0v) is 7.98. The van der Waals surface area contributed by atoms with Crippen molar-refractivity contribution in [2.75, 3.05) is 6.54 Å². The summed E-state index contributed by atoms with van der Waals surface area (Å²) in [5.41, 5.74) is 0. The van der Waals surface area contributed by atoms with Gasteiger partial charge in [0.15, 0.2) is 0 Å². The van der Waals surface area contributed by atoms with Crippen LogP contribution in [0.15, 0.2) is 0 Å². The van der Waals surface area contributed by atoms with Crippen molar-refractivity contribution in [1.29, 1.82) is 0 Å². The van der Waals surface area contributed by atoms with E-state index >= 15 is 0 Å². The standard InChI is InChI=1S/C9H19NO/c1-5-7(3)9(8(4)11)10-6-2/h7,9-10H,5-6H2,1-4H3/t7-,9?/m0/s1. The van der Waals surface area contributed by atoms with Gasteiger partial charge in [0.05, 0.1) is 6.04 Å². The van der Waals surface area contributed by atoms with Gasteiger partial charge in [0.2, 0.25) is 0 Å². The van der Waals surface area contributed by atoms with Gasteiger partial charge in [-0.1, -0.05) is 27.2 Å². The first-order chi connectivity index (χ1) is 5.13. The van der Waals surface area contributed by atoms with E-state index < -0.39 is 0 Å². The first kappa shape index (κ1) is 10.6. The maximum Gasteiger partial charge on any atom is 0.146 e. The van der Waals surface area contributed by atoms with Gasteiger partial charge in [0.25, 0.3) is 0 Å². The number of hydrogen-bond donors (Lipinski definition) is 1. The Balaban J connectivity index is 3.97. The minimum atomic E-state index is 0.0602. The quantitative estimate of drug-likeness (QED) is 0.656. The van der Waals surface area contributed by atoms with Crippen molar-refractivity contribution < 1.29 is 4.79 Å². The van der Waals surface area contributed by atoms with E-state index in [4.69, 9.17) is 0 Å². The van der Waals surface area contributed by atoms with Crippen LogP contribution in [-0.2, 0) is 4.79 Å². The van der Waals surface area contributed by atoms with Crippen molar-refractivity contribution >= 4 is 5.78 Å². The molecule has 0 spiro atoms. The molecule has 2 nitrogen and oxygen atoms in total. The molecule has 0 heterocycles. The van der Waals surface area contributed by atoms with E-state index in [9.17, 15) is 4.79 Å². The van der Waals surface area contributed by atoms with Gasteiger partial charge in [-0.3, -0.25) is 4.79 Å². The third-order valence-electron chi connectivity index (χ3n) is 2.07. The minimum absolute atomic E-state index is 0.0602. The smallest absolute Gasteiger partial charge is 0.146 e. The number of carbonyl (C=O) groups is 1. The van der Waals surface area contributed by atoms with Gasteiger partial charge in [-0.25, -0.2) is 0 Å². The third-order valence-corrected chi connectivity index (χ3v) is 2.07. The number of Topliss-reactive ketones (excluding diaryl/α,β-unsaturated/α-hetero) is 1. The van der Waals surface area contributed by atoms with Crippen molar-refractivity contribution in [3.63, 3.8) is 0 Å². The highest BCUT2D eigenvalue weighted by Crippen LogP contribution is 2.07. The van der Waals surface area contributed by atoms with Crippen molar-refractivity contribution in [2.24, 2.45) is 5.92 Å². The molecule has 66 valence electrons. The molecule has 11 heavy (non-hydrogen) atoms. The lowest BCUT2D eigenvalue weighted by Gasteiger charge is -2.20. The van der Waals surface area contributed by atoms with Gasteiger partial charge in [0, 0.05) is 0 Å². The molecule has 0 amide bonds. The molecule has 0 aromatic carbocycles. The highest BCUT2D eigenvalue weighted by Gasteiger charge is 2.18. The van der Waals surface area contributed by atoms with Crippen molar-refractivity contribution in [3.8, 4) is 0 Å². The average molecular weight is 157 g/mol. The van der Waals surface area contributed by atoms with Crippen LogP contribution in [0.2, 0.25) is 0 Å². The molecule has 1 unspecified atom stereocenters. The van der Waals surface area contributed by atoms with Gasteiger partial charge in [-0.05, 0) is 19.4 Å². The van der Waals surface area contributed by atoms with Crippen LogP contribution in [0.25, 0.3) is 0 Å². The topological polar surface area (TPSA) is 29.1 Å². The average Bonchev–Trinajstić information content (AvgIpc) is 1.98. The normalized spacial score (nSPS) is 16.0. The highest BCUT2D eigenvalue weighted by atomic mass is 16.1. The summed E-state index contributed by atoms with van der Waals surface area (Å²) in [5, 5.41) is 3.18. The van der Waals surface area contributed by atoms with E-state index in [1.54, 1.807) is 6.92 Å². The van der Waals surface area contributed by atoms with Gasteiger partial charge in [-0.2, -0.15) is 0 Å². The molecular weight excluding hydrogens is 138 g/mol. The number of hydrogen-bond acceptors (Lipinski definition) is 2. The molecule has 2 heteroatoms. The van der Waals surface area contributed by atoms with Gasteiger partial charge in [0.1, 0.15) is 5.78 Å². The Kier molecular flexibility index (Phi) is 5.12. The monoisotopic (exact) mass is 157 g/mol. The summed E-state index contributed by atoms with van der Waals surface area (Å²) in [6.07, 6.45) is 1.05. The Morgan fingerprint density at radius 2 is 2.00 bits per heavy atom. The van der Waals surface area contributed by atoms with Gasteiger partial charge < -0.3 is 5.32 Å². The molecule has 1 N–H and O–H groups in total. The Bertz CT molecular complexity index is 123. The fraction of sp³-hybridized carbons (Fsp3) is 0.889. The second-order valence-corrected chi connectivity index (χ2v) is 3.03. The van der Waals surface area contributed by atoms with Crippen molar-refractivity contribution in [2.45, 2.75) is 40.2 Å². The molecular formula is C9H19NO. The SMILES string of the molecule is CCNC(C(C)=O)[C@@H](C)CC. The molecule has 0 fully saturated rings. The fourth-order valence-corrected chi connectivity index (χ4v) is 1.20. The maximum absolute atomic E-state index is 11.1. The zero-order chi connectivity index (χ0) is 8.85. The summed E-state index contributed by atoms with van der Waals surface area (Å²) in [5.74, 6) is 0.702. The molecule has 0 saturated carbocycles. The van der Waals surface area contributed by atoms with Crippen LogP contribution >= 0.6 is 0 Å². The summed E-state index contributed by atoms with van der Waals surface area (Å²) >= 11 is 0. The number of carbonyl (C=O) groups excluding carboxylic acids is 1. The van der Waals surface area contributed by atoms with Crippen LogP contribution in [-0.4, -0.2) is 18.4 Å². The lowest BCUT2D eigenvalue weighted by Crippen LogP contribution is -2.40. The summed E-state index contributed by atoms with van der Waals surface area (Å²) in [4.78, 5) is 11.1. The number of rotatable bonds is 5. The molecule has 0 aliphatic heterocycles. The van der Waals surface area contributed by atoms with E-state index in [-0.39, 0.29) is 11.8 Å². The molecule has 0 aromatic heterocycles.